The van der Waals surface area contributed by atoms with Crippen molar-refractivity contribution in [3.63, 3.8) is 0 Å². The van der Waals surface area contributed by atoms with Gasteiger partial charge in [0.05, 0.1) is 11.4 Å². The van der Waals surface area contributed by atoms with Crippen molar-refractivity contribution in [1.82, 2.24) is 0 Å². The van der Waals surface area contributed by atoms with Crippen LogP contribution in [0.5, 0.6) is 0 Å². The van der Waals surface area contributed by atoms with Crippen LogP contribution in [0, 0.1) is 6.92 Å². The molecule has 0 aliphatic carbocycles. The Labute approximate surface area is 141 Å². The summed E-state index contributed by atoms with van der Waals surface area (Å²) < 4.78 is 0. The van der Waals surface area contributed by atoms with Gasteiger partial charge in [-0.1, -0.05) is 29.8 Å². The number of anilines is 3. The van der Waals surface area contributed by atoms with Crippen LogP contribution in [0.25, 0.3) is 0 Å². The summed E-state index contributed by atoms with van der Waals surface area (Å²) in [5.41, 5.74) is 3.44. The van der Waals surface area contributed by atoms with Crippen molar-refractivity contribution in [2.45, 2.75) is 32.9 Å². The van der Waals surface area contributed by atoms with Crippen LogP contribution in [0.15, 0.2) is 48.5 Å². The van der Waals surface area contributed by atoms with Crippen LogP contribution in [0.4, 0.5) is 17.1 Å². The van der Waals surface area contributed by atoms with E-state index in [1.54, 1.807) is 18.7 Å². The highest BCUT2D eigenvalue weighted by atomic mass is 16.2. The van der Waals surface area contributed by atoms with E-state index in [4.69, 9.17) is 0 Å². The van der Waals surface area contributed by atoms with E-state index < -0.39 is 6.04 Å². The first-order valence-corrected chi connectivity index (χ1v) is 8.03. The van der Waals surface area contributed by atoms with Crippen LogP contribution in [0.1, 0.15) is 19.4 Å². The predicted octanol–water partition coefficient (Wildman–Crippen LogP) is 3.17. The molecule has 0 aromatic heterocycles. The smallest absolute Gasteiger partial charge is 0.249 e. The summed E-state index contributed by atoms with van der Waals surface area (Å²) in [7, 11) is 0. The molecule has 5 heteroatoms. The van der Waals surface area contributed by atoms with Gasteiger partial charge in [0.15, 0.2) is 0 Å². The van der Waals surface area contributed by atoms with E-state index >= 15 is 0 Å². The minimum Gasteiger partial charge on any atom is -0.372 e. The van der Waals surface area contributed by atoms with E-state index in [0.29, 0.717) is 0 Å². The van der Waals surface area contributed by atoms with E-state index in [2.05, 4.69) is 10.6 Å². The number of carbonyl (C=O) groups excluding carboxylic acids is 2. The number of nitrogens with zero attached hydrogens (tertiary/aromatic N) is 1. The number of carbonyl (C=O) groups is 2. The zero-order valence-electron chi connectivity index (χ0n) is 14.0. The molecule has 0 fully saturated rings. The highest BCUT2D eigenvalue weighted by Gasteiger charge is 2.35. The van der Waals surface area contributed by atoms with Crippen molar-refractivity contribution < 1.29 is 9.59 Å². The maximum Gasteiger partial charge on any atom is 0.249 e. The maximum atomic E-state index is 12.6. The topological polar surface area (TPSA) is 61.4 Å². The van der Waals surface area contributed by atoms with Crippen LogP contribution >= 0.6 is 0 Å². The largest absolute Gasteiger partial charge is 0.372 e. The molecule has 1 aliphatic rings. The molecule has 124 valence electrons. The van der Waals surface area contributed by atoms with E-state index in [-0.39, 0.29) is 17.9 Å². The number of aryl methyl sites for hydroxylation is 1. The zero-order chi connectivity index (χ0) is 17.3. The molecule has 2 atom stereocenters. The van der Waals surface area contributed by atoms with Gasteiger partial charge in [-0.05, 0) is 45.0 Å². The number of nitrogens with one attached hydrogen (secondary N) is 2. The summed E-state index contributed by atoms with van der Waals surface area (Å²) in [6.45, 7) is 5.54. The monoisotopic (exact) mass is 323 g/mol. The van der Waals surface area contributed by atoms with E-state index in [9.17, 15) is 9.59 Å². The van der Waals surface area contributed by atoms with Gasteiger partial charge in [-0.3, -0.25) is 14.5 Å². The summed E-state index contributed by atoms with van der Waals surface area (Å²) >= 11 is 0. The number of hydrogen-bond donors (Lipinski definition) is 2. The summed E-state index contributed by atoms with van der Waals surface area (Å²) in [6.07, 6.45) is 0. The molecule has 0 saturated heterocycles. The van der Waals surface area contributed by atoms with Crippen molar-refractivity contribution in [1.29, 1.82) is 0 Å². The Kier molecular flexibility index (Phi) is 4.25. The fraction of sp³-hybridized carbons (Fsp3) is 0.263. The van der Waals surface area contributed by atoms with E-state index in [1.807, 2.05) is 55.5 Å². The van der Waals surface area contributed by atoms with Gasteiger partial charge in [0.2, 0.25) is 11.8 Å². The lowest BCUT2D eigenvalue weighted by Gasteiger charge is -2.37. The number of benzene rings is 2. The van der Waals surface area contributed by atoms with Crippen molar-refractivity contribution in [2.75, 3.05) is 15.5 Å². The fourth-order valence-electron chi connectivity index (χ4n) is 2.83. The molecule has 5 nitrogen and oxygen atoms in total. The van der Waals surface area contributed by atoms with Gasteiger partial charge in [-0.15, -0.1) is 0 Å². The Morgan fingerprint density at radius 1 is 1.17 bits per heavy atom. The van der Waals surface area contributed by atoms with Crippen molar-refractivity contribution in [2.24, 2.45) is 0 Å². The van der Waals surface area contributed by atoms with Crippen molar-refractivity contribution in [3.8, 4) is 0 Å². The lowest BCUT2D eigenvalue weighted by atomic mass is 10.1. The Hall–Kier alpha value is -2.82. The first kappa shape index (κ1) is 16.1. The maximum absolute atomic E-state index is 12.6. The predicted molar refractivity (Wildman–Crippen MR) is 96.3 cm³/mol. The highest BCUT2D eigenvalue weighted by molar-refractivity contribution is 6.10. The van der Waals surface area contributed by atoms with Crippen molar-refractivity contribution >= 4 is 28.9 Å². The Balaban J connectivity index is 1.85. The molecule has 24 heavy (non-hydrogen) atoms. The number of para-hydroxylation sites is 2. The molecule has 2 N–H and O–H groups in total. The Bertz CT molecular complexity index is 770. The summed E-state index contributed by atoms with van der Waals surface area (Å²) in [4.78, 5) is 26.8. The Morgan fingerprint density at radius 3 is 2.54 bits per heavy atom. The van der Waals surface area contributed by atoms with Gasteiger partial charge in [-0.25, -0.2) is 0 Å². The molecule has 0 saturated carbocycles. The van der Waals surface area contributed by atoms with Crippen LogP contribution in [-0.2, 0) is 9.59 Å². The first-order valence-electron chi connectivity index (χ1n) is 8.03. The standard InChI is InChI=1S/C19H21N3O2/c1-12-8-10-15(11-9-12)21-18(23)14(3)22-17-7-5-4-6-16(17)20-13(2)19(22)24/h4-11,13-14,20H,1-3H3,(H,21,23). The number of rotatable bonds is 3. The fourth-order valence-corrected chi connectivity index (χ4v) is 2.83. The molecular formula is C19H21N3O2. The number of amides is 2. The zero-order valence-corrected chi connectivity index (χ0v) is 14.0. The van der Waals surface area contributed by atoms with Gasteiger partial charge in [0, 0.05) is 5.69 Å². The van der Waals surface area contributed by atoms with Crippen LogP contribution < -0.4 is 15.5 Å². The molecule has 1 heterocycles. The van der Waals surface area contributed by atoms with Crippen molar-refractivity contribution in [3.05, 3.63) is 54.1 Å². The normalized spacial score (nSPS) is 17.7. The molecule has 0 radical (unpaired) electrons. The quantitative estimate of drug-likeness (QED) is 0.912. The molecular weight excluding hydrogens is 302 g/mol. The van der Waals surface area contributed by atoms with Gasteiger partial charge in [-0.2, -0.15) is 0 Å². The lowest BCUT2D eigenvalue weighted by molar-refractivity contribution is -0.123. The van der Waals surface area contributed by atoms with E-state index in [0.717, 1.165) is 22.6 Å². The third-order valence-electron chi connectivity index (χ3n) is 4.23. The van der Waals surface area contributed by atoms with Gasteiger partial charge >= 0.3 is 0 Å². The third-order valence-corrected chi connectivity index (χ3v) is 4.23. The summed E-state index contributed by atoms with van der Waals surface area (Å²) in [5, 5.41) is 6.05. The second-order valence-corrected chi connectivity index (χ2v) is 6.12. The minimum atomic E-state index is -0.607. The second kappa shape index (κ2) is 6.35. The summed E-state index contributed by atoms with van der Waals surface area (Å²) in [6, 6.07) is 14.1. The van der Waals surface area contributed by atoms with Gasteiger partial charge in [0.25, 0.3) is 0 Å². The third kappa shape index (κ3) is 2.97. The van der Waals surface area contributed by atoms with Crippen LogP contribution in [0.3, 0.4) is 0 Å². The summed E-state index contributed by atoms with van der Waals surface area (Å²) in [5.74, 6) is -0.323. The minimum absolute atomic E-state index is 0.111. The molecule has 1 aliphatic heterocycles. The molecule has 2 aromatic carbocycles. The molecule has 0 bridgehead atoms. The average molecular weight is 323 g/mol. The van der Waals surface area contributed by atoms with Crippen LogP contribution in [0.2, 0.25) is 0 Å². The molecule has 2 unspecified atom stereocenters. The van der Waals surface area contributed by atoms with Crippen LogP contribution in [-0.4, -0.2) is 23.9 Å². The van der Waals surface area contributed by atoms with E-state index in [1.165, 1.54) is 0 Å². The average Bonchev–Trinajstić information content (AvgIpc) is 2.57. The highest BCUT2D eigenvalue weighted by Crippen LogP contribution is 2.32. The number of fused-ring (bicyclic) bond motifs is 1. The molecule has 2 amide bonds. The Morgan fingerprint density at radius 2 is 1.83 bits per heavy atom. The SMILES string of the molecule is Cc1ccc(NC(=O)C(C)N2C(=O)C(C)Nc3ccccc32)cc1. The first-order chi connectivity index (χ1) is 11.5. The van der Waals surface area contributed by atoms with Gasteiger partial charge in [0.1, 0.15) is 12.1 Å². The molecule has 0 spiro atoms. The lowest BCUT2D eigenvalue weighted by Crippen LogP contribution is -2.53. The molecule has 2 aromatic rings. The number of hydrogen-bond acceptors (Lipinski definition) is 3. The second-order valence-electron chi connectivity index (χ2n) is 6.12. The molecule has 3 rings (SSSR count). The van der Waals surface area contributed by atoms with Gasteiger partial charge < -0.3 is 10.6 Å².